The van der Waals surface area contributed by atoms with Crippen LogP contribution in [0, 0.1) is 11.8 Å². The number of amides is 1. The summed E-state index contributed by atoms with van der Waals surface area (Å²) in [6, 6.07) is 11.4. The maximum absolute atomic E-state index is 13.6. The third kappa shape index (κ3) is 5.87. The van der Waals surface area contributed by atoms with E-state index in [-0.39, 0.29) is 28.6 Å². The van der Waals surface area contributed by atoms with Crippen LogP contribution in [0.3, 0.4) is 0 Å². The molecule has 5 rings (SSSR count). The molecule has 0 unspecified atom stereocenters. The van der Waals surface area contributed by atoms with E-state index in [1.54, 1.807) is 41.9 Å². The number of nitrogens with zero attached hydrogens (tertiary/aromatic N) is 3. The molecule has 1 amide bonds. The molecule has 8 nitrogen and oxygen atoms in total. The van der Waals surface area contributed by atoms with Gasteiger partial charge in [-0.1, -0.05) is 0 Å². The standard InChI is InChI=1S/C28H31F3N6O2Se/c1-32-27(38)17-9-14-24(39-3)21(16-17)33-15-5-6-20-26(40-28(29,30)31)23-7-4-8-25(37(23)35-20)34-19-12-10-18-11-13-22(19)36(18)2/h4,7-9,14,16,18-19,22,33-34H,10-13,15H2,1-3H3,(H,32,38)/t18-,19-,22-/m1/s1. The van der Waals surface area contributed by atoms with Gasteiger partial charge in [-0.15, -0.1) is 0 Å². The number of ether oxygens (including phenoxy) is 1. The number of alkyl halides is 3. The Labute approximate surface area is 237 Å². The Kier molecular flexibility index (Phi) is 8.17. The summed E-state index contributed by atoms with van der Waals surface area (Å²) in [5.41, 5.74) is 1.51. The number of methoxy groups -OCH3 is 1. The van der Waals surface area contributed by atoms with Crippen molar-refractivity contribution in [2.75, 3.05) is 38.4 Å². The van der Waals surface area contributed by atoms with Crippen molar-refractivity contribution in [2.45, 2.75) is 48.9 Å². The van der Waals surface area contributed by atoms with Crippen molar-refractivity contribution in [2.24, 2.45) is 0 Å². The summed E-state index contributed by atoms with van der Waals surface area (Å²) in [6.07, 6.45) is 4.40. The SMILES string of the molecule is CNC(=O)c1ccc(OC)c(NCC#Cc2nn3c(N[C@@H]4CC[C@@H]5CC[C@H]4N5C)cccc3c2[Se]C(F)(F)F)c1. The van der Waals surface area contributed by atoms with E-state index in [0.29, 0.717) is 40.4 Å². The van der Waals surface area contributed by atoms with Gasteiger partial charge in [0.1, 0.15) is 0 Å². The van der Waals surface area contributed by atoms with E-state index in [0.717, 1.165) is 19.3 Å². The summed E-state index contributed by atoms with van der Waals surface area (Å²) in [7, 11) is 5.20. The Morgan fingerprint density at radius 3 is 2.75 bits per heavy atom. The van der Waals surface area contributed by atoms with Gasteiger partial charge in [0.05, 0.1) is 0 Å². The van der Waals surface area contributed by atoms with Crippen LogP contribution in [-0.2, 0) is 0 Å². The number of likely N-dealkylation sites (N-methyl/N-ethyl adjacent to an activating group) is 1. The van der Waals surface area contributed by atoms with Gasteiger partial charge in [0.15, 0.2) is 0 Å². The van der Waals surface area contributed by atoms with Crippen molar-refractivity contribution in [3.8, 4) is 17.6 Å². The first kappa shape index (κ1) is 28.1. The second kappa shape index (κ2) is 11.6. The molecule has 2 aromatic heterocycles. The predicted molar refractivity (Wildman–Crippen MR) is 150 cm³/mol. The summed E-state index contributed by atoms with van der Waals surface area (Å²) >= 11 is -1.82. The molecular formula is C28H31F3N6O2Se. The third-order valence-electron chi connectivity index (χ3n) is 7.60. The van der Waals surface area contributed by atoms with Crippen LogP contribution in [0.1, 0.15) is 41.7 Å². The fraction of sp³-hybridized carbons (Fsp3) is 0.429. The number of benzene rings is 1. The average Bonchev–Trinajstić information content (AvgIpc) is 3.38. The third-order valence-corrected chi connectivity index (χ3v) is 9.35. The molecule has 0 saturated carbocycles. The summed E-state index contributed by atoms with van der Waals surface area (Å²) in [4.78, 5) is 14.4. The molecule has 3 N–H and O–H groups in total. The van der Waals surface area contributed by atoms with E-state index in [9.17, 15) is 18.0 Å². The number of nitrogens with one attached hydrogen (secondary N) is 3. The van der Waals surface area contributed by atoms with Gasteiger partial charge in [0.25, 0.3) is 0 Å². The first-order valence-corrected chi connectivity index (χ1v) is 14.8. The van der Waals surface area contributed by atoms with Crippen molar-refractivity contribution in [1.29, 1.82) is 0 Å². The number of halogens is 3. The van der Waals surface area contributed by atoms with Gasteiger partial charge in [0.2, 0.25) is 0 Å². The molecule has 2 aliphatic rings. The quantitative estimate of drug-likeness (QED) is 0.279. The monoisotopic (exact) mass is 620 g/mol. The fourth-order valence-corrected chi connectivity index (χ4v) is 7.08. The van der Waals surface area contributed by atoms with Crippen molar-refractivity contribution in [1.82, 2.24) is 19.8 Å². The van der Waals surface area contributed by atoms with Gasteiger partial charge in [-0.25, -0.2) is 0 Å². The van der Waals surface area contributed by atoms with Crippen LogP contribution in [0.4, 0.5) is 24.7 Å². The number of fused-ring (bicyclic) bond motifs is 3. The van der Waals surface area contributed by atoms with Crippen molar-refractivity contribution >= 4 is 42.3 Å². The zero-order valence-corrected chi connectivity index (χ0v) is 24.1. The number of anilines is 2. The number of pyridine rings is 1. The molecule has 0 radical (unpaired) electrons. The van der Waals surface area contributed by atoms with Gasteiger partial charge in [-0.05, 0) is 0 Å². The summed E-state index contributed by atoms with van der Waals surface area (Å²) in [5.74, 6) is 6.69. The summed E-state index contributed by atoms with van der Waals surface area (Å²) in [5, 5.41) is 9.44. The number of carbonyl (C=O) groups excluding carboxylic acids is 1. The molecule has 4 heterocycles. The molecule has 3 aromatic rings. The van der Waals surface area contributed by atoms with E-state index < -0.39 is 20.0 Å². The second-order valence-corrected chi connectivity index (χ2v) is 12.1. The van der Waals surface area contributed by atoms with Crippen LogP contribution in [0.15, 0.2) is 36.4 Å². The Hall–Kier alpha value is -3.39. The van der Waals surface area contributed by atoms with E-state index >= 15 is 0 Å². The number of hydrogen-bond donors (Lipinski definition) is 3. The number of piperidine rings is 1. The maximum atomic E-state index is 13.6. The van der Waals surface area contributed by atoms with Gasteiger partial charge >= 0.3 is 237 Å². The number of hydrogen-bond acceptors (Lipinski definition) is 6. The molecular weight excluding hydrogens is 588 g/mol. The van der Waals surface area contributed by atoms with E-state index in [1.165, 1.54) is 13.5 Å². The Bertz CT molecular complexity index is 1460. The minimum atomic E-state index is -4.35. The van der Waals surface area contributed by atoms with Gasteiger partial charge in [-0.3, -0.25) is 0 Å². The topological polar surface area (TPSA) is 82.9 Å². The van der Waals surface area contributed by atoms with Gasteiger partial charge in [-0.2, -0.15) is 0 Å². The minimum absolute atomic E-state index is 0.108. The zero-order chi connectivity index (χ0) is 28.4. The molecule has 40 heavy (non-hydrogen) atoms. The van der Waals surface area contributed by atoms with Crippen molar-refractivity contribution < 1.29 is 22.7 Å². The normalized spacial score (nSPS) is 20.6. The van der Waals surface area contributed by atoms with Crippen LogP contribution >= 0.6 is 0 Å². The Morgan fingerprint density at radius 2 is 2.00 bits per heavy atom. The Morgan fingerprint density at radius 1 is 1.20 bits per heavy atom. The fourth-order valence-electron chi connectivity index (χ4n) is 5.65. The number of carbonyl (C=O) groups is 1. The second-order valence-electron chi connectivity index (χ2n) is 9.88. The van der Waals surface area contributed by atoms with E-state index in [2.05, 4.69) is 44.8 Å². The summed E-state index contributed by atoms with van der Waals surface area (Å²) in [6.45, 7) is 0.113. The van der Waals surface area contributed by atoms with Crippen molar-refractivity contribution in [3.05, 3.63) is 47.7 Å². The molecule has 1 aromatic carbocycles. The molecule has 0 aliphatic carbocycles. The molecule has 3 atom stereocenters. The number of rotatable bonds is 7. The first-order valence-electron chi connectivity index (χ1n) is 13.1. The predicted octanol–water partition coefficient (Wildman–Crippen LogP) is 3.05. The average molecular weight is 620 g/mol. The number of aromatic nitrogens is 2. The molecule has 2 saturated heterocycles. The van der Waals surface area contributed by atoms with Crippen molar-refractivity contribution in [3.63, 3.8) is 0 Å². The molecule has 0 spiro atoms. The van der Waals surface area contributed by atoms with E-state index in [1.807, 2.05) is 6.07 Å². The zero-order valence-electron chi connectivity index (χ0n) is 22.4. The molecule has 2 bridgehead atoms. The molecule has 2 fully saturated rings. The van der Waals surface area contributed by atoms with Crippen LogP contribution < -0.4 is 25.1 Å². The van der Waals surface area contributed by atoms with Gasteiger partial charge < -0.3 is 0 Å². The first-order chi connectivity index (χ1) is 19.2. The van der Waals surface area contributed by atoms with Gasteiger partial charge in [0, 0.05) is 0 Å². The van der Waals surface area contributed by atoms with Crippen LogP contribution in [0.2, 0.25) is 0 Å². The van der Waals surface area contributed by atoms with Crippen LogP contribution in [-0.4, -0.2) is 86.3 Å². The van der Waals surface area contributed by atoms with Crippen LogP contribution in [0.25, 0.3) is 5.52 Å². The summed E-state index contributed by atoms with van der Waals surface area (Å²) < 4.78 is 47.9. The molecule has 212 valence electrons. The van der Waals surface area contributed by atoms with Crippen LogP contribution in [0.5, 0.6) is 5.75 Å². The Balaban J connectivity index is 1.41. The van der Waals surface area contributed by atoms with E-state index in [4.69, 9.17) is 4.74 Å². The molecule has 12 heteroatoms. The molecule has 2 aliphatic heterocycles.